The van der Waals surface area contributed by atoms with Gasteiger partial charge in [-0.1, -0.05) is 11.6 Å². The number of nitrogens with one attached hydrogen (secondary N) is 1. The molecule has 2 aromatic carbocycles. The second kappa shape index (κ2) is 10.8. The van der Waals surface area contributed by atoms with Crippen molar-refractivity contribution in [2.75, 3.05) is 22.5 Å². The lowest BCUT2D eigenvalue weighted by molar-refractivity contribution is -0.114. The highest BCUT2D eigenvalue weighted by Gasteiger charge is 2.33. The Hall–Kier alpha value is -4.15. The number of carbonyl (C=O) groups excluding carboxylic acids is 2. The van der Waals surface area contributed by atoms with Crippen LogP contribution < -0.4 is 16.0 Å². The third-order valence-corrected chi connectivity index (χ3v) is 7.44. The van der Waals surface area contributed by atoms with Gasteiger partial charge in [-0.05, 0) is 77.1 Å². The van der Waals surface area contributed by atoms with E-state index in [0.29, 0.717) is 46.5 Å². The van der Waals surface area contributed by atoms with Crippen LogP contribution in [0.1, 0.15) is 49.8 Å². The van der Waals surface area contributed by atoms with Crippen LogP contribution >= 0.6 is 11.6 Å². The Labute approximate surface area is 238 Å². The molecule has 0 unspecified atom stereocenters. The fourth-order valence-corrected chi connectivity index (χ4v) is 5.25. The number of hydrogen-bond donors (Lipinski definition) is 2. The second-order valence-corrected chi connectivity index (χ2v) is 10.8. The predicted molar refractivity (Wildman–Crippen MR) is 157 cm³/mol. The molecule has 0 spiro atoms. The molecule has 4 aromatic rings. The number of fused-ring (bicyclic) bond motifs is 1. The first kappa shape index (κ1) is 27.4. The summed E-state index contributed by atoms with van der Waals surface area (Å²) < 4.78 is 3.73. The van der Waals surface area contributed by atoms with Crippen LogP contribution in [0.4, 0.5) is 17.2 Å². The van der Waals surface area contributed by atoms with Crippen LogP contribution in [-0.2, 0) is 11.3 Å². The molecular weight excluding hydrogens is 528 g/mol. The van der Waals surface area contributed by atoms with Crippen molar-refractivity contribution in [3.8, 4) is 11.4 Å². The number of anilines is 3. The van der Waals surface area contributed by atoms with Crippen LogP contribution in [-0.4, -0.2) is 54.4 Å². The summed E-state index contributed by atoms with van der Waals surface area (Å²) in [5.74, 6) is 0.968. The number of amides is 2. The third-order valence-electron chi connectivity index (χ3n) is 7.10. The highest BCUT2D eigenvalue weighted by molar-refractivity contribution is 6.33. The molecular formula is C29H33ClN8O2. The largest absolute Gasteiger partial charge is 0.397 e. The van der Waals surface area contributed by atoms with Gasteiger partial charge in [-0.3, -0.25) is 24.0 Å². The van der Waals surface area contributed by atoms with Gasteiger partial charge in [0.1, 0.15) is 18.2 Å². The van der Waals surface area contributed by atoms with E-state index in [4.69, 9.17) is 17.3 Å². The number of hydrogen-bond acceptors (Lipinski definition) is 6. The van der Waals surface area contributed by atoms with Gasteiger partial charge >= 0.3 is 0 Å². The molecule has 5 rings (SSSR count). The Balaban J connectivity index is 1.48. The number of nitrogens with zero attached hydrogens (tertiary/aromatic N) is 6. The zero-order chi connectivity index (χ0) is 28.7. The zero-order valence-corrected chi connectivity index (χ0v) is 24.0. The van der Waals surface area contributed by atoms with Crippen molar-refractivity contribution in [1.82, 2.24) is 24.0 Å². The summed E-state index contributed by atoms with van der Waals surface area (Å²) >= 11 is 6.12. The maximum atomic E-state index is 14.0. The third kappa shape index (κ3) is 5.07. The van der Waals surface area contributed by atoms with Crippen molar-refractivity contribution in [3.63, 3.8) is 0 Å². The van der Waals surface area contributed by atoms with E-state index in [1.807, 2.05) is 35.0 Å². The number of aromatic nitrogens is 4. The molecule has 40 heavy (non-hydrogen) atoms. The van der Waals surface area contributed by atoms with Crippen LogP contribution in [0.5, 0.6) is 0 Å². The van der Waals surface area contributed by atoms with Gasteiger partial charge in [-0.15, -0.1) is 0 Å². The molecule has 0 bridgehead atoms. The van der Waals surface area contributed by atoms with Crippen LogP contribution in [0.2, 0.25) is 5.02 Å². The Kier molecular flexibility index (Phi) is 7.39. The summed E-state index contributed by atoms with van der Waals surface area (Å²) in [4.78, 5) is 39.7. The molecule has 3 heterocycles. The van der Waals surface area contributed by atoms with Gasteiger partial charge in [0.25, 0.3) is 5.91 Å². The molecule has 0 aliphatic carbocycles. The number of imidazole rings is 2. The van der Waals surface area contributed by atoms with E-state index < -0.39 is 0 Å². The van der Waals surface area contributed by atoms with E-state index in [1.165, 1.54) is 4.90 Å². The minimum absolute atomic E-state index is 0.148. The molecule has 0 saturated heterocycles. The monoisotopic (exact) mass is 560 g/mol. The summed E-state index contributed by atoms with van der Waals surface area (Å²) in [5, 5.41) is 3.19. The van der Waals surface area contributed by atoms with Crippen LogP contribution in [0, 0.1) is 6.92 Å². The molecule has 0 fully saturated rings. The number of carbonyl (C=O) groups is 2. The first-order valence-electron chi connectivity index (χ1n) is 13.2. The van der Waals surface area contributed by atoms with E-state index in [-0.39, 0.29) is 29.9 Å². The van der Waals surface area contributed by atoms with Crippen molar-refractivity contribution in [2.24, 2.45) is 0 Å². The molecule has 2 aromatic heterocycles. The van der Waals surface area contributed by atoms with Gasteiger partial charge < -0.3 is 15.6 Å². The molecule has 2 amide bonds. The van der Waals surface area contributed by atoms with Crippen molar-refractivity contribution < 1.29 is 9.59 Å². The van der Waals surface area contributed by atoms with Gasteiger partial charge in [0.2, 0.25) is 5.91 Å². The molecule has 208 valence electrons. The molecule has 1 aliphatic heterocycles. The maximum absolute atomic E-state index is 14.0. The Bertz CT molecular complexity index is 1560. The van der Waals surface area contributed by atoms with Crippen molar-refractivity contribution >= 4 is 40.6 Å². The number of nitrogen functional groups attached to an aromatic ring is 1. The number of aryl methyl sites for hydroxylation is 1. The van der Waals surface area contributed by atoms with Gasteiger partial charge in [-0.2, -0.15) is 0 Å². The molecule has 0 radical (unpaired) electrons. The van der Waals surface area contributed by atoms with E-state index in [9.17, 15) is 9.59 Å². The van der Waals surface area contributed by atoms with Crippen molar-refractivity contribution in [3.05, 3.63) is 77.2 Å². The highest BCUT2D eigenvalue weighted by Crippen LogP contribution is 2.31. The molecule has 1 aliphatic rings. The van der Waals surface area contributed by atoms with Crippen molar-refractivity contribution in [1.29, 1.82) is 0 Å². The topological polar surface area (TPSA) is 114 Å². The number of halogens is 1. The molecule has 0 saturated carbocycles. The zero-order valence-electron chi connectivity index (χ0n) is 23.2. The number of nitrogens with two attached hydrogens (primary N) is 1. The first-order chi connectivity index (χ1) is 19.0. The summed E-state index contributed by atoms with van der Waals surface area (Å²) in [6.07, 6.45) is 3.72. The van der Waals surface area contributed by atoms with E-state index in [2.05, 4.69) is 47.9 Å². The predicted octanol–water partition coefficient (Wildman–Crippen LogP) is 4.82. The lowest BCUT2D eigenvalue weighted by Gasteiger charge is -2.30. The van der Waals surface area contributed by atoms with Crippen LogP contribution in [0.25, 0.3) is 11.4 Å². The quantitative estimate of drug-likeness (QED) is 0.313. The minimum Gasteiger partial charge on any atom is -0.397 e. The normalized spacial score (nSPS) is 13.8. The fourth-order valence-electron chi connectivity index (χ4n) is 5.13. The van der Waals surface area contributed by atoms with E-state index in [0.717, 1.165) is 11.5 Å². The highest BCUT2D eigenvalue weighted by atomic mass is 35.5. The summed E-state index contributed by atoms with van der Waals surface area (Å²) in [6, 6.07) is 13.4. The molecule has 0 atom stereocenters. The lowest BCUT2D eigenvalue weighted by atomic mass is 10.2. The Morgan fingerprint density at radius 3 is 2.33 bits per heavy atom. The van der Waals surface area contributed by atoms with E-state index >= 15 is 0 Å². The molecule has 3 N–H and O–H groups in total. The van der Waals surface area contributed by atoms with Gasteiger partial charge in [0.05, 0.1) is 17.3 Å². The Morgan fingerprint density at radius 2 is 1.68 bits per heavy atom. The average Bonchev–Trinajstić information content (AvgIpc) is 3.47. The van der Waals surface area contributed by atoms with Gasteiger partial charge in [0.15, 0.2) is 11.5 Å². The minimum atomic E-state index is -0.358. The van der Waals surface area contributed by atoms with Crippen LogP contribution in [0.15, 0.2) is 54.9 Å². The Morgan fingerprint density at radius 1 is 1.02 bits per heavy atom. The second-order valence-electron chi connectivity index (χ2n) is 10.4. The summed E-state index contributed by atoms with van der Waals surface area (Å²) in [6.45, 7) is 11.0. The van der Waals surface area contributed by atoms with Gasteiger partial charge in [-0.25, -0.2) is 9.97 Å². The number of rotatable bonds is 7. The lowest BCUT2D eigenvalue weighted by Crippen LogP contribution is -2.37. The fraction of sp³-hybridized carbons (Fsp3) is 0.310. The van der Waals surface area contributed by atoms with E-state index in [1.54, 1.807) is 35.9 Å². The molecule has 11 heteroatoms. The SMILES string of the molecule is Cc1nc2c(n1-c1ccc(Cl)c(N)c1)C(=O)N(c1ccc(-n3ccnc3CN(C(C)C)C(C)C)cc1)CC(=O)N2. The average molecular weight is 561 g/mol. The molecule has 10 nitrogen and oxygen atoms in total. The maximum Gasteiger partial charge on any atom is 0.279 e. The standard InChI is InChI=1S/C29H33ClN8O2/c1-17(2)36(18(3)4)15-25-32-12-13-35(25)20-6-8-21(9-7-20)37-16-26(39)34-28-27(29(37)40)38(19(5)33-28)22-10-11-23(30)24(31)14-22/h6-14,17-18H,15-16,31H2,1-5H3,(H,34,39). The summed E-state index contributed by atoms with van der Waals surface area (Å²) in [7, 11) is 0. The number of benzene rings is 2. The van der Waals surface area contributed by atoms with Crippen molar-refractivity contribution in [2.45, 2.75) is 53.2 Å². The van der Waals surface area contributed by atoms with Crippen LogP contribution in [0.3, 0.4) is 0 Å². The van der Waals surface area contributed by atoms with Gasteiger partial charge in [0, 0.05) is 41.5 Å². The summed E-state index contributed by atoms with van der Waals surface area (Å²) in [5.41, 5.74) is 8.78. The first-order valence-corrected chi connectivity index (χ1v) is 13.6. The smallest absolute Gasteiger partial charge is 0.279 e.